The van der Waals surface area contributed by atoms with Crippen LogP contribution in [-0.2, 0) is 34.0 Å². The molecule has 1 fully saturated rings. The minimum atomic E-state index is -1.00. The van der Waals surface area contributed by atoms with Gasteiger partial charge in [0.2, 0.25) is 5.91 Å². The minimum Gasteiger partial charge on any atom is -0.461 e. The number of halogens is 3. The Morgan fingerprint density at radius 3 is 2.50 bits per heavy atom. The second kappa shape index (κ2) is 13.0. The summed E-state index contributed by atoms with van der Waals surface area (Å²) in [6, 6.07) is 10.9. The van der Waals surface area contributed by atoms with Crippen molar-refractivity contribution in [1.29, 1.82) is 0 Å². The van der Waals surface area contributed by atoms with E-state index in [1.54, 1.807) is 36.4 Å². The van der Waals surface area contributed by atoms with Crippen molar-refractivity contribution in [2.45, 2.75) is 45.4 Å². The molecule has 1 saturated heterocycles. The van der Waals surface area contributed by atoms with Gasteiger partial charge in [-0.05, 0) is 65.9 Å². The fourth-order valence-corrected chi connectivity index (χ4v) is 5.39. The van der Waals surface area contributed by atoms with E-state index >= 15 is 0 Å². The number of anilines is 1. The second-order valence-electron chi connectivity index (χ2n) is 10.5. The summed E-state index contributed by atoms with van der Waals surface area (Å²) in [6.07, 6.45) is 0.102. The Hall–Kier alpha value is -4.55. The van der Waals surface area contributed by atoms with E-state index in [0.717, 1.165) is 28.2 Å². The molecule has 10 nitrogen and oxygen atoms in total. The first kappa shape index (κ1) is 30.9. The molecule has 0 aromatic heterocycles. The molecule has 2 heterocycles. The Balaban J connectivity index is 1.23. The number of piperidine rings is 1. The average molecular weight is 627 g/mol. The normalized spacial score (nSPS) is 16.3. The maximum absolute atomic E-state index is 14.5. The van der Waals surface area contributed by atoms with Crippen LogP contribution >= 0.6 is 11.6 Å². The number of hydrogen-bond donors (Lipinski definition) is 2. The molecule has 1 atom stereocenters. The van der Waals surface area contributed by atoms with Crippen LogP contribution in [0.4, 0.5) is 19.3 Å². The zero-order valence-electron chi connectivity index (χ0n) is 23.9. The number of ether oxygens (including phenoxy) is 2. The summed E-state index contributed by atoms with van der Waals surface area (Å²) in [7, 11) is 1.31. The number of aryl methyl sites for hydroxylation is 1. The monoisotopic (exact) mass is 626 g/mol. The zero-order chi connectivity index (χ0) is 31.5. The van der Waals surface area contributed by atoms with E-state index in [9.17, 15) is 28.0 Å². The zero-order valence-corrected chi connectivity index (χ0v) is 24.7. The number of nitrogens with one attached hydrogen (secondary N) is 2. The van der Waals surface area contributed by atoms with Gasteiger partial charge in [0, 0.05) is 42.9 Å². The van der Waals surface area contributed by atoms with Crippen molar-refractivity contribution in [3.63, 3.8) is 0 Å². The molecular formula is C31H29ClF2N4O6. The third-order valence-electron chi connectivity index (χ3n) is 7.46. The molecule has 5 rings (SSSR count). The molecule has 3 aromatic carbocycles. The number of carbonyl (C=O) groups is 4. The summed E-state index contributed by atoms with van der Waals surface area (Å²) in [5.41, 5.74) is 3.31. The van der Waals surface area contributed by atoms with Crippen molar-refractivity contribution in [3.05, 3.63) is 93.0 Å². The van der Waals surface area contributed by atoms with Crippen LogP contribution < -0.4 is 15.4 Å². The van der Waals surface area contributed by atoms with Crippen molar-refractivity contribution in [3.8, 4) is 5.75 Å². The van der Waals surface area contributed by atoms with Gasteiger partial charge in [0.1, 0.15) is 6.04 Å². The molecule has 0 saturated carbocycles. The standard InChI is InChI=1S/C31H29ClF2N4O6/c1-17-3-5-21(12-23(17)32)36-31(42)35-13-18-4-6-22-20(9-18)15-37(29(22)40)26-7-8-27(39)38(30(26)41)14-19-10-24(33)28(25(34)11-19)44-16-43-2/h3-6,9-12,26H,7-8,13-16H2,1-2H3,(H2,35,36,42). The highest BCUT2D eigenvalue weighted by atomic mass is 35.5. The van der Waals surface area contributed by atoms with E-state index in [1.807, 2.05) is 6.92 Å². The van der Waals surface area contributed by atoms with E-state index in [4.69, 9.17) is 16.3 Å². The molecule has 0 spiro atoms. The van der Waals surface area contributed by atoms with E-state index < -0.39 is 41.3 Å². The SMILES string of the molecule is COCOc1c(F)cc(CN2C(=O)CCC(N3Cc4cc(CNC(=O)Nc5ccc(C)c(Cl)c5)ccc4C3=O)C2=O)cc1F. The highest BCUT2D eigenvalue weighted by Gasteiger charge is 2.42. The maximum Gasteiger partial charge on any atom is 0.319 e. The van der Waals surface area contributed by atoms with Gasteiger partial charge in [-0.25, -0.2) is 13.6 Å². The van der Waals surface area contributed by atoms with Crippen LogP contribution in [-0.4, -0.2) is 53.5 Å². The average Bonchev–Trinajstić information content (AvgIpc) is 3.31. The number of rotatable bonds is 9. The minimum absolute atomic E-state index is 0.0208. The number of benzene rings is 3. The lowest BCUT2D eigenvalue weighted by atomic mass is 10.0. The van der Waals surface area contributed by atoms with Crippen LogP contribution in [0.2, 0.25) is 5.02 Å². The number of urea groups is 1. The first-order chi connectivity index (χ1) is 21.0. The Kier molecular flexibility index (Phi) is 9.12. The molecule has 1 unspecified atom stereocenters. The number of imide groups is 1. The summed E-state index contributed by atoms with van der Waals surface area (Å²) in [5, 5.41) is 6.01. The number of methoxy groups -OCH3 is 1. The second-order valence-corrected chi connectivity index (χ2v) is 10.9. The number of likely N-dealkylation sites (tertiary alicyclic amines) is 1. The van der Waals surface area contributed by atoms with Crippen molar-refractivity contribution >= 4 is 41.0 Å². The van der Waals surface area contributed by atoms with Crippen molar-refractivity contribution in [2.75, 3.05) is 19.2 Å². The van der Waals surface area contributed by atoms with Gasteiger partial charge in [-0.2, -0.15) is 0 Å². The molecule has 0 bridgehead atoms. The van der Waals surface area contributed by atoms with Gasteiger partial charge in [-0.3, -0.25) is 19.3 Å². The van der Waals surface area contributed by atoms with Gasteiger partial charge in [0.05, 0.1) is 6.54 Å². The van der Waals surface area contributed by atoms with E-state index in [0.29, 0.717) is 21.8 Å². The van der Waals surface area contributed by atoms with Crippen molar-refractivity contribution < 1.29 is 37.4 Å². The van der Waals surface area contributed by atoms with Gasteiger partial charge in [-0.1, -0.05) is 29.8 Å². The molecule has 2 aliphatic heterocycles. The Bertz CT molecular complexity index is 1630. The first-order valence-electron chi connectivity index (χ1n) is 13.7. The van der Waals surface area contributed by atoms with Gasteiger partial charge in [0.15, 0.2) is 24.2 Å². The van der Waals surface area contributed by atoms with Gasteiger partial charge >= 0.3 is 6.03 Å². The van der Waals surface area contributed by atoms with Crippen LogP contribution in [0.25, 0.3) is 0 Å². The van der Waals surface area contributed by atoms with Crippen molar-refractivity contribution in [2.24, 2.45) is 0 Å². The Labute approximate surface area is 256 Å². The maximum atomic E-state index is 14.5. The summed E-state index contributed by atoms with van der Waals surface area (Å²) in [4.78, 5) is 54.2. The van der Waals surface area contributed by atoms with Gasteiger partial charge in [0.25, 0.3) is 11.8 Å². The summed E-state index contributed by atoms with van der Waals surface area (Å²) >= 11 is 6.12. The number of amides is 5. The molecule has 2 N–H and O–H groups in total. The molecule has 0 radical (unpaired) electrons. The largest absolute Gasteiger partial charge is 0.461 e. The highest BCUT2D eigenvalue weighted by Crippen LogP contribution is 2.31. The topological polar surface area (TPSA) is 117 Å². The molecule has 230 valence electrons. The van der Waals surface area contributed by atoms with E-state index in [1.165, 1.54) is 12.0 Å². The van der Waals surface area contributed by atoms with Crippen molar-refractivity contribution in [1.82, 2.24) is 15.1 Å². The lowest BCUT2D eigenvalue weighted by Crippen LogP contribution is -2.54. The predicted molar refractivity (Wildman–Crippen MR) is 156 cm³/mol. The quantitative estimate of drug-likeness (QED) is 0.258. The van der Waals surface area contributed by atoms with Gasteiger partial charge < -0.3 is 25.0 Å². The van der Waals surface area contributed by atoms with Gasteiger partial charge in [-0.15, -0.1) is 0 Å². The first-order valence-corrected chi connectivity index (χ1v) is 14.1. The summed E-state index contributed by atoms with van der Waals surface area (Å²) in [5.74, 6) is -4.13. The number of nitrogens with zero attached hydrogens (tertiary/aromatic N) is 2. The van der Waals surface area contributed by atoms with Crippen LogP contribution in [0, 0.1) is 18.6 Å². The molecule has 13 heteroatoms. The predicted octanol–water partition coefficient (Wildman–Crippen LogP) is 4.90. The molecule has 44 heavy (non-hydrogen) atoms. The van der Waals surface area contributed by atoms with Crippen LogP contribution in [0.1, 0.15) is 45.5 Å². The van der Waals surface area contributed by atoms with Crippen LogP contribution in [0.15, 0.2) is 48.5 Å². The summed E-state index contributed by atoms with van der Waals surface area (Å²) < 4.78 is 38.5. The third-order valence-corrected chi connectivity index (χ3v) is 7.87. The number of carbonyl (C=O) groups excluding carboxylic acids is 4. The lowest BCUT2D eigenvalue weighted by molar-refractivity contribution is -0.153. The molecular weight excluding hydrogens is 598 g/mol. The molecule has 5 amide bonds. The fourth-order valence-electron chi connectivity index (χ4n) is 5.21. The smallest absolute Gasteiger partial charge is 0.319 e. The van der Waals surface area contributed by atoms with Crippen LogP contribution in [0.3, 0.4) is 0 Å². The highest BCUT2D eigenvalue weighted by molar-refractivity contribution is 6.31. The molecule has 3 aromatic rings. The summed E-state index contributed by atoms with van der Waals surface area (Å²) in [6.45, 7) is 1.44. The van der Waals surface area contributed by atoms with E-state index in [-0.39, 0.29) is 50.7 Å². The Morgan fingerprint density at radius 1 is 1.05 bits per heavy atom. The number of fused-ring (bicyclic) bond motifs is 1. The molecule has 2 aliphatic rings. The van der Waals surface area contributed by atoms with E-state index in [2.05, 4.69) is 15.4 Å². The lowest BCUT2D eigenvalue weighted by Gasteiger charge is -2.35. The Morgan fingerprint density at radius 2 is 1.80 bits per heavy atom. The fraction of sp³-hybridized carbons (Fsp3) is 0.290. The molecule has 0 aliphatic carbocycles. The number of hydrogen-bond acceptors (Lipinski definition) is 6. The third kappa shape index (κ3) is 6.51. The van der Waals surface area contributed by atoms with Crippen LogP contribution in [0.5, 0.6) is 5.75 Å².